The van der Waals surface area contributed by atoms with Crippen LogP contribution in [0.4, 0.5) is 11.4 Å². The van der Waals surface area contributed by atoms with Gasteiger partial charge in [-0.3, -0.25) is 14.9 Å². The van der Waals surface area contributed by atoms with Crippen LogP contribution in [-0.4, -0.2) is 23.9 Å². The third kappa shape index (κ3) is 3.10. The fourth-order valence-electron chi connectivity index (χ4n) is 2.13. The summed E-state index contributed by atoms with van der Waals surface area (Å²) in [4.78, 5) is 22.3. The van der Waals surface area contributed by atoms with Crippen LogP contribution in [0.15, 0.2) is 22.7 Å². The smallest absolute Gasteiger partial charge is 0.283 e. The zero-order valence-corrected chi connectivity index (χ0v) is 11.9. The lowest BCUT2D eigenvalue weighted by atomic mass is 9.97. The highest BCUT2D eigenvalue weighted by Crippen LogP contribution is 2.28. The quantitative estimate of drug-likeness (QED) is 0.658. The molecule has 2 rings (SSSR count). The maximum atomic E-state index is 12.1. The number of nitrogens with zero attached hydrogens (tertiary/aromatic N) is 1. The Morgan fingerprint density at radius 2 is 2.26 bits per heavy atom. The van der Waals surface area contributed by atoms with Gasteiger partial charge >= 0.3 is 0 Å². The minimum absolute atomic E-state index is 0.0195. The van der Waals surface area contributed by atoms with Gasteiger partial charge in [-0.2, -0.15) is 0 Å². The van der Waals surface area contributed by atoms with Crippen LogP contribution in [0.5, 0.6) is 0 Å². The average molecular weight is 328 g/mol. The number of carbonyl (C=O) groups excluding carboxylic acids is 1. The highest BCUT2D eigenvalue weighted by atomic mass is 79.9. The summed E-state index contributed by atoms with van der Waals surface area (Å²) in [5.41, 5.74) is 0.537. The van der Waals surface area contributed by atoms with Crippen molar-refractivity contribution in [2.75, 3.05) is 18.4 Å². The lowest BCUT2D eigenvalue weighted by Crippen LogP contribution is -2.27. The molecule has 19 heavy (non-hydrogen) atoms. The number of benzene rings is 1. The summed E-state index contributed by atoms with van der Waals surface area (Å²) < 4.78 is 0.355. The fourth-order valence-corrected chi connectivity index (χ4v) is 2.65. The molecule has 1 aliphatic rings. The molecular formula is C12H14BrN3O3. The second kappa shape index (κ2) is 5.66. The average Bonchev–Trinajstić information content (AvgIpc) is 2.75. The minimum atomic E-state index is -0.474. The number of nitro benzene ring substituents is 1. The topological polar surface area (TPSA) is 84.3 Å². The van der Waals surface area contributed by atoms with Gasteiger partial charge in [0.1, 0.15) is 0 Å². The van der Waals surface area contributed by atoms with Gasteiger partial charge in [0.2, 0.25) is 5.91 Å². The lowest BCUT2D eigenvalue weighted by Gasteiger charge is -2.14. The number of anilines is 1. The number of nitrogens with one attached hydrogen (secondary N) is 2. The largest absolute Gasteiger partial charge is 0.326 e. The van der Waals surface area contributed by atoms with Gasteiger partial charge in [0.05, 0.1) is 15.3 Å². The van der Waals surface area contributed by atoms with E-state index in [1.165, 1.54) is 12.1 Å². The number of hydrogen-bond acceptors (Lipinski definition) is 4. The molecular weight excluding hydrogens is 314 g/mol. The molecule has 1 aromatic carbocycles. The van der Waals surface area contributed by atoms with Crippen molar-refractivity contribution in [2.24, 2.45) is 11.8 Å². The summed E-state index contributed by atoms with van der Waals surface area (Å²) in [5, 5.41) is 16.6. The monoisotopic (exact) mass is 327 g/mol. The highest BCUT2D eigenvalue weighted by molar-refractivity contribution is 9.10. The van der Waals surface area contributed by atoms with Crippen molar-refractivity contribution >= 4 is 33.2 Å². The minimum Gasteiger partial charge on any atom is -0.326 e. The molecule has 6 nitrogen and oxygen atoms in total. The van der Waals surface area contributed by atoms with Crippen LogP contribution in [0.2, 0.25) is 0 Å². The molecule has 0 spiro atoms. The molecule has 102 valence electrons. The van der Waals surface area contributed by atoms with E-state index in [-0.39, 0.29) is 17.5 Å². The summed E-state index contributed by atoms with van der Waals surface area (Å²) in [6.45, 7) is 3.53. The summed E-state index contributed by atoms with van der Waals surface area (Å²) >= 11 is 3.13. The predicted octanol–water partition coefficient (Wildman–Crippen LogP) is 2.15. The van der Waals surface area contributed by atoms with E-state index in [0.717, 1.165) is 6.54 Å². The van der Waals surface area contributed by atoms with Crippen molar-refractivity contribution in [1.29, 1.82) is 0 Å². The van der Waals surface area contributed by atoms with Gasteiger partial charge in [-0.1, -0.05) is 6.92 Å². The maximum Gasteiger partial charge on any atom is 0.283 e. The van der Waals surface area contributed by atoms with Crippen molar-refractivity contribution < 1.29 is 9.72 Å². The first-order valence-electron chi connectivity index (χ1n) is 5.94. The highest BCUT2D eigenvalue weighted by Gasteiger charge is 2.29. The van der Waals surface area contributed by atoms with Crippen LogP contribution in [0.1, 0.15) is 6.92 Å². The molecule has 2 N–H and O–H groups in total. The number of amides is 1. The zero-order chi connectivity index (χ0) is 14.0. The Labute approximate surface area is 118 Å². The van der Waals surface area contributed by atoms with Gasteiger partial charge in [-0.15, -0.1) is 0 Å². The van der Waals surface area contributed by atoms with Gasteiger partial charge in [0, 0.05) is 18.3 Å². The molecule has 0 bridgehead atoms. The summed E-state index contributed by atoms with van der Waals surface area (Å²) in [5.74, 6) is 0.175. The van der Waals surface area contributed by atoms with Crippen LogP contribution in [0.3, 0.4) is 0 Å². The normalized spacial score (nSPS) is 22.2. The second-order valence-electron chi connectivity index (χ2n) is 4.65. The third-order valence-corrected chi connectivity index (χ3v) is 3.90. The van der Waals surface area contributed by atoms with E-state index in [0.29, 0.717) is 22.6 Å². The first-order chi connectivity index (χ1) is 8.99. The van der Waals surface area contributed by atoms with Gasteiger partial charge in [0.25, 0.3) is 5.69 Å². The number of halogens is 1. The molecule has 0 unspecified atom stereocenters. The van der Waals surface area contributed by atoms with Crippen LogP contribution >= 0.6 is 15.9 Å². The summed E-state index contributed by atoms with van der Waals surface area (Å²) in [6.07, 6.45) is 0. The SMILES string of the molecule is C[C@@H]1CNC[C@H]1C(=O)Nc1ccc([N+](=O)[O-])c(Br)c1. The Morgan fingerprint density at radius 3 is 2.79 bits per heavy atom. The number of nitro groups is 1. The molecule has 2 atom stereocenters. The summed E-state index contributed by atoms with van der Waals surface area (Å²) in [7, 11) is 0. The number of hydrogen-bond donors (Lipinski definition) is 2. The van der Waals surface area contributed by atoms with Gasteiger partial charge in [-0.05, 0) is 40.5 Å². The van der Waals surface area contributed by atoms with Gasteiger partial charge in [-0.25, -0.2) is 0 Å². The maximum absolute atomic E-state index is 12.1. The molecule has 1 aromatic rings. The Balaban J connectivity index is 2.09. The number of carbonyl (C=O) groups is 1. The van der Waals surface area contributed by atoms with E-state index in [9.17, 15) is 14.9 Å². The van der Waals surface area contributed by atoms with E-state index in [1.54, 1.807) is 6.07 Å². The molecule has 0 aromatic heterocycles. The molecule has 1 heterocycles. The van der Waals surface area contributed by atoms with Gasteiger partial charge in [0.15, 0.2) is 0 Å². The van der Waals surface area contributed by atoms with Crippen LogP contribution in [-0.2, 0) is 4.79 Å². The van der Waals surface area contributed by atoms with Crippen molar-refractivity contribution in [1.82, 2.24) is 5.32 Å². The summed E-state index contributed by atoms with van der Waals surface area (Å²) in [6, 6.07) is 4.45. The standard InChI is InChI=1S/C12H14BrN3O3/c1-7-5-14-6-9(7)12(17)15-8-2-3-11(16(18)19)10(13)4-8/h2-4,7,9,14H,5-6H2,1H3,(H,15,17)/t7-,9-/m1/s1. The first-order valence-corrected chi connectivity index (χ1v) is 6.74. The van der Waals surface area contributed by atoms with E-state index in [4.69, 9.17) is 0 Å². The Kier molecular flexibility index (Phi) is 4.16. The molecule has 1 aliphatic heterocycles. The third-order valence-electron chi connectivity index (χ3n) is 3.27. The van der Waals surface area contributed by atoms with Crippen LogP contribution in [0.25, 0.3) is 0 Å². The van der Waals surface area contributed by atoms with Crippen LogP contribution < -0.4 is 10.6 Å². The van der Waals surface area contributed by atoms with Crippen molar-refractivity contribution in [3.8, 4) is 0 Å². The van der Waals surface area contributed by atoms with E-state index < -0.39 is 4.92 Å². The fraction of sp³-hybridized carbons (Fsp3) is 0.417. The van der Waals surface area contributed by atoms with E-state index in [2.05, 4.69) is 26.6 Å². The van der Waals surface area contributed by atoms with Crippen molar-refractivity contribution in [3.05, 3.63) is 32.8 Å². The molecule has 1 saturated heterocycles. The van der Waals surface area contributed by atoms with Crippen molar-refractivity contribution in [3.63, 3.8) is 0 Å². The number of rotatable bonds is 3. The Hall–Kier alpha value is -1.47. The van der Waals surface area contributed by atoms with Gasteiger partial charge < -0.3 is 10.6 Å². The zero-order valence-electron chi connectivity index (χ0n) is 10.4. The predicted molar refractivity (Wildman–Crippen MR) is 74.9 cm³/mol. The molecule has 1 fully saturated rings. The van der Waals surface area contributed by atoms with E-state index in [1.807, 2.05) is 6.92 Å². The molecule has 1 amide bonds. The Bertz CT molecular complexity index is 521. The van der Waals surface area contributed by atoms with E-state index >= 15 is 0 Å². The molecule has 0 saturated carbocycles. The molecule has 0 radical (unpaired) electrons. The van der Waals surface area contributed by atoms with Crippen molar-refractivity contribution in [2.45, 2.75) is 6.92 Å². The second-order valence-corrected chi connectivity index (χ2v) is 5.51. The molecule has 0 aliphatic carbocycles. The Morgan fingerprint density at radius 1 is 1.53 bits per heavy atom. The van der Waals surface area contributed by atoms with Crippen LogP contribution in [0, 0.1) is 22.0 Å². The molecule has 7 heteroatoms. The first kappa shape index (κ1) is 14.0. The lowest BCUT2D eigenvalue weighted by molar-refractivity contribution is -0.385.